The molecule has 0 aromatic heterocycles. The Kier molecular flexibility index (Phi) is 13.1. The van der Waals surface area contributed by atoms with Gasteiger partial charge in [0.05, 0.1) is 12.8 Å². The third kappa shape index (κ3) is 10.6. The van der Waals surface area contributed by atoms with Crippen LogP contribution in [-0.4, -0.2) is 32.2 Å². The van der Waals surface area contributed by atoms with Crippen molar-refractivity contribution in [1.82, 2.24) is 0 Å². The molecular formula is C26H39F5O2. The summed E-state index contributed by atoms with van der Waals surface area (Å²) in [5.41, 5.74) is 0.723. The van der Waals surface area contributed by atoms with Gasteiger partial charge in [-0.05, 0) is 93.7 Å². The van der Waals surface area contributed by atoms with Gasteiger partial charge in [-0.15, -0.1) is 0 Å². The summed E-state index contributed by atoms with van der Waals surface area (Å²) in [6.45, 7) is -0.0476. The molecule has 3 rings (SSSR count). The van der Waals surface area contributed by atoms with E-state index in [9.17, 15) is 22.0 Å². The number of rotatable bonds is 10. The summed E-state index contributed by atoms with van der Waals surface area (Å²) in [4.78, 5) is 0. The lowest BCUT2D eigenvalue weighted by molar-refractivity contribution is -0.0522. The lowest BCUT2D eigenvalue weighted by atomic mass is 9.83. The Bertz CT molecular complexity index is 639. The molecule has 0 amide bonds. The number of unbranched alkanes of at least 4 members (excludes halogenated alkanes) is 2. The fourth-order valence-electron chi connectivity index (χ4n) is 4.69. The average molecular weight is 479 g/mol. The number of benzene rings is 1. The summed E-state index contributed by atoms with van der Waals surface area (Å²) in [5.74, 6) is -0.513. The molecule has 0 radical (unpaired) electrons. The third-order valence-corrected chi connectivity index (χ3v) is 6.71. The van der Waals surface area contributed by atoms with Crippen molar-refractivity contribution in [3.8, 4) is 5.75 Å². The molecule has 0 bridgehead atoms. The minimum atomic E-state index is -3.03. The highest BCUT2D eigenvalue weighted by atomic mass is 19.3. The third-order valence-electron chi connectivity index (χ3n) is 6.71. The monoisotopic (exact) mass is 478 g/mol. The van der Waals surface area contributed by atoms with Crippen LogP contribution >= 0.6 is 0 Å². The molecule has 0 unspecified atom stereocenters. The molecule has 0 aliphatic heterocycles. The van der Waals surface area contributed by atoms with Crippen molar-refractivity contribution < 1.29 is 31.4 Å². The molecular weight excluding hydrogens is 439 g/mol. The van der Waals surface area contributed by atoms with Crippen LogP contribution in [0.25, 0.3) is 0 Å². The lowest BCUT2D eigenvalue weighted by Crippen LogP contribution is -2.22. The quantitative estimate of drug-likeness (QED) is 0.248. The Balaban J connectivity index is 0.000000238. The zero-order valence-corrected chi connectivity index (χ0v) is 19.7. The number of halogens is 5. The van der Waals surface area contributed by atoms with E-state index in [0.29, 0.717) is 37.7 Å². The van der Waals surface area contributed by atoms with Gasteiger partial charge in [-0.3, -0.25) is 4.39 Å². The maximum absolute atomic E-state index is 13.5. The van der Waals surface area contributed by atoms with Crippen LogP contribution in [0.4, 0.5) is 22.0 Å². The smallest absolute Gasteiger partial charge is 0.387 e. The van der Waals surface area contributed by atoms with Gasteiger partial charge in [-0.25, -0.2) is 8.78 Å². The predicted molar refractivity (Wildman–Crippen MR) is 121 cm³/mol. The van der Waals surface area contributed by atoms with E-state index in [4.69, 9.17) is 4.74 Å². The summed E-state index contributed by atoms with van der Waals surface area (Å²) in [7, 11) is 0. The highest BCUT2D eigenvalue weighted by Crippen LogP contribution is 2.35. The molecule has 2 saturated carbocycles. The van der Waals surface area contributed by atoms with E-state index in [1.165, 1.54) is 44.2 Å². The lowest BCUT2D eigenvalue weighted by Gasteiger charge is -2.28. The number of alkyl halides is 4. The topological polar surface area (TPSA) is 18.5 Å². The van der Waals surface area contributed by atoms with Crippen LogP contribution in [0.1, 0.15) is 95.5 Å². The minimum absolute atomic E-state index is 0.104. The molecule has 2 nitrogen and oxygen atoms in total. The van der Waals surface area contributed by atoms with Crippen molar-refractivity contribution in [2.45, 2.75) is 109 Å². The molecule has 190 valence electrons. The summed E-state index contributed by atoms with van der Waals surface area (Å²) in [6, 6.07) is 3.99. The van der Waals surface area contributed by atoms with E-state index >= 15 is 0 Å². The first-order chi connectivity index (χ1) is 15.9. The molecule has 33 heavy (non-hydrogen) atoms. The van der Waals surface area contributed by atoms with Gasteiger partial charge in [0.1, 0.15) is 6.17 Å². The Morgan fingerprint density at radius 1 is 0.970 bits per heavy atom. The van der Waals surface area contributed by atoms with Crippen LogP contribution in [0, 0.1) is 11.7 Å². The zero-order chi connectivity index (χ0) is 24.1. The fourth-order valence-corrected chi connectivity index (χ4v) is 4.69. The van der Waals surface area contributed by atoms with E-state index in [1.807, 2.05) is 0 Å². The Morgan fingerprint density at radius 3 is 2.24 bits per heavy atom. The van der Waals surface area contributed by atoms with E-state index in [2.05, 4.69) is 11.7 Å². The first-order valence-corrected chi connectivity index (χ1v) is 12.5. The molecule has 0 atom stereocenters. The van der Waals surface area contributed by atoms with E-state index in [0.717, 1.165) is 31.4 Å². The molecule has 1 aromatic carbocycles. The summed E-state index contributed by atoms with van der Waals surface area (Å²) in [5, 5.41) is 0. The van der Waals surface area contributed by atoms with Crippen molar-refractivity contribution >= 4 is 0 Å². The van der Waals surface area contributed by atoms with E-state index in [-0.39, 0.29) is 12.6 Å². The predicted octanol–water partition coefficient (Wildman–Crippen LogP) is 8.53. The summed E-state index contributed by atoms with van der Waals surface area (Å²) >= 11 is 0. The van der Waals surface area contributed by atoms with Crippen molar-refractivity contribution in [1.29, 1.82) is 0 Å². The normalized spacial score (nSPS) is 25.4. The first-order valence-electron chi connectivity index (χ1n) is 12.5. The molecule has 0 N–H and O–H groups in total. The largest absolute Gasteiger partial charge is 0.432 e. The van der Waals surface area contributed by atoms with Crippen molar-refractivity contribution in [3.05, 3.63) is 29.6 Å². The molecule has 1 aromatic rings. The molecule has 0 saturated heterocycles. The second-order valence-electron chi connectivity index (χ2n) is 9.22. The molecule has 0 heterocycles. The molecule has 7 heteroatoms. The van der Waals surface area contributed by atoms with Gasteiger partial charge in [0.15, 0.2) is 11.6 Å². The zero-order valence-electron chi connectivity index (χ0n) is 19.7. The van der Waals surface area contributed by atoms with Gasteiger partial charge in [0, 0.05) is 6.61 Å². The minimum Gasteiger partial charge on any atom is -0.432 e. The van der Waals surface area contributed by atoms with E-state index < -0.39 is 24.3 Å². The Labute approximate surface area is 195 Å². The molecule has 2 aliphatic carbocycles. The second-order valence-corrected chi connectivity index (χ2v) is 9.22. The van der Waals surface area contributed by atoms with Crippen LogP contribution in [0.2, 0.25) is 0 Å². The standard InChI is InChI=1S/C13H14F4O.C13H25FO/c14-10-4-1-8(2-5-10)9-3-6-12(11(15)7-9)18-13(16)17;1-2-3-4-11-15-13-7-5-12(6-8-13)9-10-14/h3,6-8,10,13H,1-2,4-5H2;12-13H,2-11H2,1H3. The summed E-state index contributed by atoms with van der Waals surface area (Å²) in [6.07, 6.45) is 11.1. The molecule has 2 aliphatic rings. The van der Waals surface area contributed by atoms with Crippen LogP contribution < -0.4 is 4.74 Å². The SMILES string of the molecule is CCCCCOC1CCC(CCF)CC1.Fc1cc(C2CCC(F)CC2)ccc1OC(F)F. The van der Waals surface area contributed by atoms with Crippen molar-refractivity contribution in [2.24, 2.45) is 5.92 Å². The molecule has 2 fully saturated rings. The van der Waals surface area contributed by atoms with Crippen molar-refractivity contribution in [3.63, 3.8) is 0 Å². The van der Waals surface area contributed by atoms with Gasteiger partial charge < -0.3 is 9.47 Å². The van der Waals surface area contributed by atoms with Crippen LogP contribution in [0.15, 0.2) is 18.2 Å². The van der Waals surface area contributed by atoms with Crippen molar-refractivity contribution in [2.75, 3.05) is 13.3 Å². The number of hydrogen-bond donors (Lipinski definition) is 0. The van der Waals surface area contributed by atoms with Gasteiger partial charge in [-0.1, -0.05) is 25.8 Å². The number of hydrogen-bond acceptors (Lipinski definition) is 2. The Hall–Kier alpha value is -1.37. The maximum Gasteiger partial charge on any atom is 0.387 e. The summed E-state index contributed by atoms with van der Waals surface area (Å²) < 4.78 is 72.4. The van der Waals surface area contributed by atoms with Crippen LogP contribution in [-0.2, 0) is 4.74 Å². The van der Waals surface area contributed by atoms with E-state index in [1.54, 1.807) is 6.07 Å². The number of ether oxygens (including phenoxy) is 2. The average Bonchev–Trinajstić information content (AvgIpc) is 2.80. The fraction of sp³-hybridized carbons (Fsp3) is 0.769. The van der Waals surface area contributed by atoms with Crippen LogP contribution in [0.5, 0.6) is 5.75 Å². The highest BCUT2D eigenvalue weighted by molar-refractivity contribution is 5.31. The Morgan fingerprint density at radius 2 is 1.67 bits per heavy atom. The van der Waals surface area contributed by atoms with Gasteiger partial charge in [0.25, 0.3) is 0 Å². The van der Waals surface area contributed by atoms with Gasteiger partial charge in [-0.2, -0.15) is 8.78 Å². The molecule has 0 spiro atoms. The first kappa shape index (κ1) is 27.9. The second kappa shape index (κ2) is 15.5. The van der Waals surface area contributed by atoms with Gasteiger partial charge in [0.2, 0.25) is 0 Å². The van der Waals surface area contributed by atoms with Gasteiger partial charge >= 0.3 is 6.61 Å². The highest BCUT2D eigenvalue weighted by Gasteiger charge is 2.23. The van der Waals surface area contributed by atoms with Crippen LogP contribution in [0.3, 0.4) is 0 Å². The maximum atomic E-state index is 13.5.